The van der Waals surface area contributed by atoms with E-state index in [1.165, 1.54) is 23.1 Å². The van der Waals surface area contributed by atoms with Gasteiger partial charge in [0.25, 0.3) is 0 Å². The predicted octanol–water partition coefficient (Wildman–Crippen LogP) is 2.76. The monoisotopic (exact) mass is 346 g/mol. The Morgan fingerprint density at radius 3 is 2.68 bits per heavy atom. The van der Waals surface area contributed by atoms with E-state index in [0.717, 1.165) is 17.0 Å². The van der Waals surface area contributed by atoms with Gasteiger partial charge in [0.15, 0.2) is 0 Å². The number of nitrogens with zero attached hydrogens (tertiary/aromatic N) is 2. The van der Waals surface area contributed by atoms with Crippen molar-refractivity contribution in [1.29, 1.82) is 0 Å². The third-order valence-electron chi connectivity index (χ3n) is 4.07. The Balaban J connectivity index is 1.90. The lowest BCUT2D eigenvalue weighted by molar-refractivity contribution is -0.133. The second-order valence-corrected chi connectivity index (χ2v) is 6.26. The normalized spacial score (nSPS) is 11.9. The van der Waals surface area contributed by atoms with Crippen LogP contribution >= 0.6 is 0 Å². The molecule has 1 aromatic heterocycles. The molecule has 0 fully saturated rings. The molecule has 0 saturated heterocycles. The Morgan fingerprint density at radius 2 is 2.08 bits per heavy atom. The molecule has 2 rings (SSSR count). The second-order valence-electron chi connectivity index (χ2n) is 6.26. The molecular weight excluding hydrogens is 323 g/mol. The Morgan fingerprint density at radius 1 is 1.36 bits per heavy atom. The fraction of sp³-hybridized carbons (Fsp3) is 0.389. The van der Waals surface area contributed by atoms with Crippen LogP contribution in [0.5, 0.6) is 0 Å². The van der Waals surface area contributed by atoms with Gasteiger partial charge in [-0.1, -0.05) is 13.0 Å². The van der Waals surface area contributed by atoms with E-state index < -0.39 is 5.82 Å². The van der Waals surface area contributed by atoms with Gasteiger partial charge in [0.05, 0.1) is 12.2 Å². The highest BCUT2D eigenvalue weighted by atomic mass is 19.1. The zero-order chi connectivity index (χ0) is 18.6. The van der Waals surface area contributed by atoms with Crippen LogP contribution < -0.4 is 5.32 Å². The highest BCUT2D eigenvalue weighted by Gasteiger charge is 2.20. The van der Waals surface area contributed by atoms with Crippen molar-refractivity contribution in [3.05, 3.63) is 47.0 Å². The van der Waals surface area contributed by atoms with E-state index in [0.29, 0.717) is 5.69 Å². The van der Waals surface area contributed by atoms with Gasteiger partial charge in [-0.05, 0) is 43.5 Å². The highest BCUT2D eigenvalue weighted by Crippen LogP contribution is 2.24. The van der Waals surface area contributed by atoms with Crippen molar-refractivity contribution in [1.82, 2.24) is 15.1 Å². The van der Waals surface area contributed by atoms with E-state index in [9.17, 15) is 14.0 Å². The van der Waals surface area contributed by atoms with Gasteiger partial charge < -0.3 is 10.2 Å². The molecule has 0 aliphatic heterocycles. The number of anilines is 1. The van der Waals surface area contributed by atoms with Crippen molar-refractivity contribution in [3.8, 4) is 0 Å². The molecule has 0 radical (unpaired) electrons. The number of H-pyrrole nitrogens is 1. The van der Waals surface area contributed by atoms with Gasteiger partial charge in [-0.2, -0.15) is 5.10 Å². The summed E-state index contributed by atoms with van der Waals surface area (Å²) in [5.74, 6) is -0.937. The smallest absolute Gasteiger partial charge is 0.243 e. The van der Waals surface area contributed by atoms with Gasteiger partial charge in [-0.25, -0.2) is 4.39 Å². The molecule has 0 aliphatic rings. The number of carbonyl (C=O) groups excluding carboxylic acids is 2. The molecule has 0 unspecified atom stereocenters. The van der Waals surface area contributed by atoms with Crippen molar-refractivity contribution in [2.75, 3.05) is 18.9 Å². The molecule has 0 saturated carbocycles. The lowest BCUT2D eigenvalue weighted by Crippen LogP contribution is -2.35. The van der Waals surface area contributed by atoms with Gasteiger partial charge in [-0.15, -0.1) is 0 Å². The number of nitrogens with one attached hydrogen (secondary N) is 2. The summed E-state index contributed by atoms with van der Waals surface area (Å²) in [4.78, 5) is 25.8. The minimum absolute atomic E-state index is 0.0000181. The molecule has 0 spiro atoms. The van der Waals surface area contributed by atoms with Gasteiger partial charge in [0, 0.05) is 24.8 Å². The summed E-state index contributed by atoms with van der Waals surface area (Å²) in [6.07, 6.45) is 0.283. The molecule has 0 aliphatic carbocycles. The first-order valence-electron chi connectivity index (χ1n) is 8.08. The van der Waals surface area contributed by atoms with Crippen LogP contribution in [0.3, 0.4) is 0 Å². The molecule has 25 heavy (non-hydrogen) atoms. The summed E-state index contributed by atoms with van der Waals surface area (Å²) in [5.41, 5.74) is 3.23. The van der Waals surface area contributed by atoms with Crippen LogP contribution in [0, 0.1) is 19.7 Å². The van der Waals surface area contributed by atoms with E-state index in [4.69, 9.17) is 0 Å². The number of rotatable bonds is 6. The Labute approximate surface area is 146 Å². The number of aryl methyl sites for hydroxylation is 2. The van der Waals surface area contributed by atoms with E-state index >= 15 is 0 Å². The number of hydrogen-bond donors (Lipinski definition) is 2. The highest BCUT2D eigenvalue weighted by molar-refractivity contribution is 5.94. The van der Waals surface area contributed by atoms with Gasteiger partial charge in [-0.3, -0.25) is 14.7 Å². The van der Waals surface area contributed by atoms with E-state index in [2.05, 4.69) is 15.5 Å². The molecule has 2 amide bonds. The SMILES string of the molecule is Cc1n[nH]c(C)c1[C@@H](C)CC(=O)N(C)CC(=O)Nc1cccc(F)c1. The van der Waals surface area contributed by atoms with Gasteiger partial charge in [0.2, 0.25) is 11.8 Å². The molecule has 1 heterocycles. The van der Waals surface area contributed by atoms with Gasteiger partial charge in [0.1, 0.15) is 5.82 Å². The average molecular weight is 346 g/mol. The Bertz CT molecular complexity index is 753. The average Bonchev–Trinajstić information content (AvgIpc) is 2.85. The van der Waals surface area contributed by atoms with Crippen LogP contribution in [0.1, 0.15) is 36.2 Å². The molecular formula is C18H23FN4O2. The fourth-order valence-electron chi connectivity index (χ4n) is 2.88. The lowest BCUT2D eigenvalue weighted by Gasteiger charge is -2.19. The zero-order valence-corrected chi connectivity index (χ0v) is 14.9. The maximum absolute atomic E-state index is 13.1. The fourth-order valence-corrected chi connectivity index (χ4v) is 2.88. The summed E-state index contributed by atoms with van der Waals surface area (Å²) in [7, 11) is 1.58. The largest absolute Gasteiger partial charge is 0.336 e. The molecule has 2 aromatic rings. The number of carbonyl (C=O) groups is 2. The van der Waals surface area contributed by atoms with Crippen molar-refractivity contribution < 1.29 is 14.0 Å². The minimum atomic E-state index is -0.429. The predicted molar refractivity (Wildman–Crippen MR) is 93.8 cm³/mol. The molecule has 7 heteroatoms. The number of likely N-dealkylation sites (N-methyl/N-ethyl adjacent to an activating group) is 1. The number of benzene rings is 1. The van der Waals surface area contributed by atoms with Crippen LogP contribution in [-0.4, -0.2) is 40.5 Å². The molecule has 134 valence electrons. The molecule has 0 bridgehead atoms. The van der Waals surface area contributed by atoms with Gasteiger partial charge >= 0.3 is 0 Å². The Kier molecular flexibility index (Phi) is 5.90. The van der Waals surface area contributed by atoms with Crippen LogP contribution in [0.4, 0.5) is 10.1 Å². The summed E-state index contributed by atoms with van der Waals surface area (Å²) in [5, 5.41) is 9.64. The first kappa shape index (κ1) is 18.6. The summed E-state index contributed by atoms with van der Waals surface area (Å²) in [6, 6.07) is 5.63. The topological polar surface area (TPSA) is 78.1 Å². The standard InChI is InChI=1S/C18H23FN4O2/c1-11(18-12(2)21-22-13(18)3)8-17(25)23(4)10-16(24)20-15-7-5-6-14(19)9-15/h5-7,9,11H,8,10H2,1-4H3,(H,20,24)(H,21,22)/t11-/m0/s1. The molecule has 2 N–H and O–H groups in total. The number of aromatic nitrogens is 2. The number of halogens is 1. The van der Waals surface area contributed by atoms with Crippen molar-refractivity contribution in [2.24, 2.45) is 0 Å². The first-order chi connectivity index (χ1) is 11.8. The maximum Gasteiger partial charge on any atom is 0.243 e. The van der Waals surface area contributed by atoms with Crippen LogP contribution in [0.15, 0.2) is 24.3 Å². The summed E-state index contributed by atoms with van der Waals surface area (Å²) >= 11 is 0. The lowest BCUT2D eigenvalue weighted by atomic mass is 9.95. The minimum Gasteiger partial charge on any atom is -0.336 e. The summed E-state index contributed by atoms with van der Waals surface area (Å²) in [6.45, 7) is 5.69. The van der Waals surface area contributed by atoms with Crippen molar-refractivity contribution in [2.45, 2.75) is 33.1 Å². The van der Waals surface area contributed by atoms with Crippen LogP contribution in [0.25, 0.3) is 0 Å². The van der Waals surface area contributed by atoms with Crippen LogP contribution in [-0.2, 0) is 9.59 Å². The van der Waals surface area contributed by atoms with E-state index in [-0.39, 0.29) is 30.7 Å². The number of amides is 2. The van der Waals surface area contributed by atoms with Crippen molar-refractivity contribution >= 4 is 17.5 Å². The molecule has 1 atom stereocenters. The number of aromatic amines is 1. The molecule has 6 nitrogen and oxygen atoms in total. The third-order valence-corrected chi connectivity index (χ3v) is 4.07. The third kappa shape index (κ3) is 4.89. The van der Waals surface area contributed by atoms with E-state index in [1.807, 2.05) is 20.8 Å². The maximum atomic E-state index is 13.1. The first-order valence-corrected chi connectivity index (χ1v) is 8.08. The zero-order valence-electron chi connectivity index (χ0n) is 14.9. The number of hydrogen-bond acceptors (Lipinski definition) is 3. The Hall–Kier alpha value is -2.70. The molecule has 1 aromatic carbocycles. The quantitative estimate of drug-likeness (QED) is 0.844. The van der Waals surface area contributed by atoms with Crippen LogP contribution in [0.2, 0.25) is 0 Å². The second kappa shape index (κ2) is 7.92. The summed E-state index contributed by atoms with van der Waals surface area (Å²) < 4.78 is 13.1. The van der Waals surface area contributed by atoms with E-state index in [1.54, 1.807) is 13.1 Å². The van der Waals surface area contributed by atoms with Crippen molar-refractivity contribution in [3.63, 3.8) is 0 Å².